The van der Waals surface area contributed by atoms with Crippen LogP contribution in [0.2, 0.25) is 0 Å². The van der Waals surface area contributed by atoms with Gasteiger partial charge in [-0.25, -0.2) is 33.2 Å². The van der Waals surface area contributed by atoms with Crippen LogP contribution in [0.25, 0.3) is 0 Å². The lowest BCUT2D eigenvalue weighted by Gasteiger charge is -2.51. The van der Waals surface area contributed by atoms with E-state index in [9.17, 15) is 28.8 Å². The Labute approximate surface area is 321 Å². The van der Waals surface area contributed by atoms with Crippen LogP contribution in [0.3, 0.4) is 0 Å². The van der Waals surface area contributed by atoms with E-state index >= 15 is 0 Å². The van der Waals surface area contributed by atoms with Crippen molar-refractivity contribution in [3.63, 3.8) is 0 Å². The van der Waals surface area contributed by atoms with Crippen LogP contribution < -0.4 is 4.86 Å². The molecule has 0 aromatic heterocycles. The first kappa shape index (κ1) is 48.2. The molecule has 3 atom stereocenters. The minimum atomic E-state index is -2.99. The Hall–Kier alpha value is -3.83. The molecule has 18 heteroatoms. The number of rotatable bonds is 23. The lowest BCUT2D eigenvalue weighted by atomic mass is 10.4. The van der Waals surface area contributed by atoms with Gasteiger partial charge in [-0.05, 0) is 41.5 Å². The minimum Gasteiger partial charge on any atom is -0.462 e. The average Bonchev–Trinajstić information content (AvgIpc) is 3.09. The van der Waals surface area contributed by atoms with Gasteiger partial charge in [0.25, 0.3) is 0 Å². The molecular formula is C36H53N3O12P3+. The number of nitrogens with one attached hydrogen (secondary N) is 1. The fourth-order valence-electron chi connectivity index (χ4n) is 4.08. The molecule has 1 N–H and O–H groups in total. The van der Waals surface area contributed by atoms with E-state index in [-0.39, 0.29) is 98.0 Å². The van der Waals surface area contributed by atoms with Crippen molar-refractivity contribution in [1.82, 2.24) is 13.7 Å². The third kappa shape index (κ3) is 16.3. The second-order valence-electron chi connectivity index (χ2n) is 12.1. The molecule has 0 aliphatic carbocycles. The Bertz CT molecular complexity index is 1540. The smallest absolute Gasteiger partial charge is 0.338 e. The molecule has 0 amide bonds. The number of hydrogen-bond acceptors (Lipinski definition) is 15. The van der Waals surface area contributed by atoms with Gasteiger partial charge in [0.05, 0.1) is 36.2 Å². The Morgan fingerprint density at radius 1 is 0.556 bits per heavy atom. The van der Waals surface area contributed by atoms with Gasteiger partial charge in [-0.2, -0.15) is 0 Å². The highest BCUT2D eigenvalue weighted by Crippen LogP contribution is 2.79. The van der Waals surface area contributed by atoms with E-state index in [0.717, 1.165) is 0 Å². The normalized spacial score (nSPS) is 18.5. The second-order valence-corrected chi connectivity index (χ2v) is 20.3. The van der Waals surface area contributed by atoms with Gasteiger partial charge in [-0.3, -0.25) is 0 Å². The predicted molar refractivity (Wildman–Crippen MR) is 211 cm³/mol. The Morgan fingerprint density at radius 2 is 0.944 bits per heavy atom. The molecule has 1 fully saturated rings. The van der Waals surface area contributed by atoms with Crippen molar-refractivity contribution in [2.75, 3.05) is 64.6 Å². The van der Waals surface area contributed by atoms with Crippen LogP contribution in [-0.2, 0) is 57.2 Å². The lowest BCUT2D eigenvalue weighted by Crippen LogP contribution is -2.44. The standard InChI is InChI=1S/C36H53N3O12P3/c1-25(2)31(40)46-15-13-38-52(21-17-48-33(42)27(5)6)37-54(23-19-50-35(44)29(9)10,24-20-51-36(45)30(11)12)39(14-16-47-32(41)26(3)4)53(38)22-18-49-34(43)28(7)8/h19,23,37H,1,3,5,7,9,11,13-18,20-22,24H2,2,4,6,8,10,12H3/q+1. The summed E-state index contributed by atoms with van der Waals surface area (Å²) in [7, 11) is -6.07. The van der Waals surface area contributed by atoms with Gasteiger partial charge in [0.15, 0.2) is 7.56 Å². The van der Waals surface area contributed by atoms with Crippen molar-refractivity contribution in [1.29, 1.82) is 0 Å². The molecule has 298 valence electrons. The highest BCUT2D eigenvalue weighted by molar-refractivity contribution is 7.92. The van der Waals surface area contributed by atoms with Crippen LogP contribution in [-0.4, -0.2) is 109 Å². The largest absolute Gasteiger partial charge is 0.462 e. The molecule has 0 bridgehead atoms. The number of esters is 6. The number of carbonyl (C=O) groups is 6. The molecule has 0 saturated carbocycles. The first-order valence-electron chi connectivity index (χ1n) is 16.7. The zero-order chi connectivity index (χ0) is 41.2. The van der Waals surface area contributed by atoms with Crippen LogP contribution in [0.4, 0.5) is 0 Å². The molecule has 1 saturated heterocycles. The summed E-state index contributed by atoms with van der Waals surface area (Å²) in [6.45, 7) is 30.9. The molecule has 0 aromatic carbocycles. The van der Waals surface area contributed by atoms with Gasteiger partial charge < -0.3 is 28.4 Å². The highest BCUT2D eigenvalue weighted by Gasteiger charge is 2.56. The summed E-state index contributed by atoms with van der Waals surface area (Å²) in [5.74, 6) is -2.00. The third-order valence-corrected chi connectivity index (χ3v) is 17.9. The zero-order valence-corrected chi connectivity index (χ0v) is 34.8. The van der Waals surface area contributed by atoms with Crippen LogP contribution in [0.5, 0.6) is 0 Å². The monoisotopic (exact) mass is 812 g/mol. The Balaban J connectivity index is 3.97. The zero-order valence-electron chi connectivity index (χ0n) is 32.1. The highest BCUT2D eigenvalue weighted by atomic mass is 31.3. The maximum atomic E-state index is 12.5. The van der Waals surface area contributed by atoms with Gasteiger partial charge in [0.1, 0.15) is 38.1 Å². The number of ether oxygens (including phenoxy) is 6. The minimum absolute atomic E-state index is 0.0322. The molecule has 1 aliphatic rings. The fourth-order valence-corrected chi connectivity index (χ4v) is 16.8. The molecule has 15 nitrogen and oxygen atoms in total. The molecule has 0 spiro atoms. The molecule has 0 aromatic rings. The molecule has 1 heterocycles. The first-order valence-corrected chi connectivity index (χ1v) is 21.6. The molecule has 1 aliphatic heterocycles. The predicted octanol–water partition coefficient (Wildman–Crippen LogP) is 5.85. The van der Waals surface area contributed by atoms with Crippen LogP contribution in [0.15, 0.2) is 85.0 Å². The molecule has 1 rings (SSSR count). The summed E-state index contributed by atoms with van der Waals surface area (Å²) in [5.41, 5.74) is 1.15. The molecule has 54 heavy (non-hydrogen) atoms. The van der Waals surface area contributed by atoms with Gasteiger partial charge in [0.2, 0.25) is 0 Å². The quantitative estimate of drug-likeness (QED) is 0.0427. The van der Waals surface area contributed by atoms with E-state index in [4.69, 9.17) is 28.4 Å². The van der Waals surface area contributed by atoms with E-state index < -0.39 is 59.8 Å². The third-order valence-electron chi connectivity index (χ3n) is 6.86. The van der Waals surface area contributed by atoms with Crippen molar-refractivity contribution in [3.8, 4) is 0 Å². The van der Waals surface area contributed by atoms with Gasteiger partial charge >= 0.3 is 35.8 Å². The maximum absolute atomic E-state index is 12.5. The van der Waals surface area contributed by atoms with Crippen LogP contribution in [0, 0.1) is 0 Å². The van der Waals surface area contributed by atoms with Crippen molar-refractivity contribution in [2.45, 2.75) is 41.5 Å². The summed E-state index contributed by atoms with van der Waals surface area (Å²) < 4.78 is 37.1. The number of nitrogens with zero attached hydrogens (tertiary/aromatic N) is 2. The van der Waals surface area contributed by atoms with E-state index in [1.54, 1.807) is 5.82 Å². The summed E-state index contributed by atoms with van der Waals surface area (Å²) in [4.78, 5) is 78.5. The van der Waals surface area contributed by atoms with Crippen molar-refractivity contribution in [3.05, 3.63) is 85.0 Å². The summed E-state index contributed by atoms with van der Waals surface area (Å²) in [6.07, 6.45) is 1.89. The SMILES string of the molecule is C=C(C)C(=O)OC=C[P+]1(CCOC(=O)C(=C)C)NP(CCOC(=O)C(=C)C)N(CCOC(=O)C(=C)C)P(CCOC(=O)C(=C)C)N1CCOC(=O)C(=C)C. The molecular weight excluding hydrogens is 759 g/mol. The first-order chi connectivity index (χ1) is 25.2. The fraction of sp³-hybridized carbons (Fsp3) is 0.444. The molecule has 0 radical (unpaired) electrons. The Kier molecular flexibility index (Phi) is 21.3. The number of hydrogen-bond donors (Lipinski definition) is 1. The van der Waals surface area contributed by atoms with E-state index in [2.05, 4.69) is 48.8 Å². The van der Waals surface area contributed by atoms with Crippen LogP contribution in [0.1, 0.15) is 41.5 Å². The second kappa shape index (κ2) is 23.8. The van der Waals surface area contributed by atoms with Crippen molar-refractivity contribution in [2.24, 2.45) is 0 Å². The average molecular weight is 813 g/mol. The summed E-state index contributed by atoms with van der Waals surface area (Å²) in [6, 6.07) is 0. The topological polar surface area (TPSA) is 176 Å². The van der Waals surface area contributed by atoms with Crippen molar-refractivity contribution < 1.29 is 57.2 Å². The number of carbonyl (C=O) groups excluding carboxylic acids is 6. The van der Waals surface area contributed by atoms with E-state index in [0.29, 0.717) is 0 Å². The van der Waals surface area contributed by atoms with E-state index in [1.807, 2.05) is 4.44 Å². The van der Waals surface area contributed by atoms with Crippen molar-refractivity contribution >= 4 is 59.8 Å². The van der Waals surface area contributed by atoms with Gasteiger partial charge in [-0.15, -0.1) is 9.30 Å². The maximum Gasteiger partial charge on any atom is 0.338 e. The lowest BCUT2D eigenvalue weighted by molar-refractivity contribution is -0.139. The van der Waals surface area contributed by atoms with Gasteiger partial charge in [-0.1, -0.05) is 39.5 Å². The Morgan fingerprint density at radius 3 is 1.39 bits per heavy atom. The van der Waals surface area contributed by atoms with Crippen LogP contribution >= 0.6 is 24.0 Å². The summed E-state index contributed by atoms with van der Waals surface area (Å²) in [5, 5.41) is 0. The summed E-state index contributed by atoms with van der Waals surface area (Å²) >= 11 is 0. The molecule has 3 unspecified atom stereocenters. The van der Waals surface area contributed by atoms with Gasteiger partial charge in [0, 0.05) is 52.3 Å². The van der Waals surface area contributed by atoms with E-state index in [1.165, 1.54) is 47.8 Å².